The van der Waals surface area contributed by atoms with Gasteiger partial charge in [-0.05, 0) is 60.0 Å². The standard InChI is InChI=1S/C28H21FN6/c1-15-10-19-12-34(19)14-22(15)23-8-9-24-26(30-23)27(33-32-24)25-11-21-20(16-2-4-17(29)5-3-16)7-6-18-13-35(18)28(21)31-25/h2-11,14,19,31H,12-13H2,1H3,(H,32,33). The number of halogens is 1. The zero-order valence-corrected chi connectivity index (χ0v) is 19.0. The van der Waals surface area contributed by atoms with Crippen molar-refractivity contribution in [3.05, 3.63) is 101 Å². The Labute approximate surface area is 200 Å². The van der Waals surface area contributed by atoms with Crippen molar-refractivity contribution >= 4 is 28.0 Å². The van der Waals surface area contributed by atoms with Crippen LogP contribution in [0.4, 0.5) is 10.2 Å². The number of benzene rings is 1. The summed E-state index contributed by atoms with van der Waals surface area (Å²) in [6.07, 6.45) is 8.80. The van der Waals surface area contributed by atoms with E-state index in [0.717, 1.165) is 69.3 Å². The number of aromatic nitrogens is 4. The topological polar surface area (TPSA) is 63.4 Å². The molecule has 1 unspecified atom stereocenters. The minimum atomic E-state index is -0.236. The Morgan fingerprint density at radius 1 is 1.06 bits per heavy atom. The molecule has 0 spiro atoms. The lowest BCUT2D eigenvalue weighted by molar-refractivity contribution is 0.627. The van der Waals surface area contributed by atoms with Crippen molar-refractivity contribution in [3.8, 4) is 11.4 Å². The first-order valence-electron chi connectivity index (χ1n) is 11.8. The van der Waals surface area contributed by atoms with Gasteiger partial charge in [0.25, 0.3) is 0 Å². The third-order valence-electron chi connectivity index (χ3n) is 7.31. The first-order chi connectivity index (χ1) is 17.1. The summed E-state index contributed by atoms with van der Waals surface area (Å²) in [7, 11) is 0. The monoisotopic (exact) mass is 460 g/mol. The van der Waals surface area contributed by atoms with Gasteiger partial charge in [0.05, 0.1) is 29.5 Å². The average molecular weight is 461 g/mol. The Bertz CT molecular complexity index is 1680. The molecule has 4 aliphatic heterocycles. The number of pyridine rings is 1. The van der Waals surface area contributed by atoms with Gasteiger partial charge in [0.1, 0.15) is 22.8 Å². The van der Waals surface area contributed by atoms with Crippen LogP contribution in [0.1, 0.15) is 23.7 Å². The van der Waals surface area contributed by atoms with Crippen LogP contribution in [0.2, 0.25) is 0 Å². The van der Waals surface area contributed by atoms with Crippen LogP contribution in [0.25, 0.3) is 33.6 Å². The molecule has 4 aliphatic rings. The number of hydrogen-bond acceptors (Lipinski definition) is 4. The van der Waals surface area contributed by atoms with Crippen LogP contribution >= 0.6 is 0 Å². The molecular weight excluding hydrogens is 439 g/mol. The Kier molecular flexibility index (Phi) is 3.58. The molecule has 6 nitrogen and oxygen atoms in total. The van der Waals surface area contributed by atoms with E-state index in [4.69, 9.17) is 4.98 Å². The molecule has 0 amide bonds. The third kappa shape index (κ3) is 2.87. The summed E-state index contributed by atoms with van der Waals surface area (Å²) >= 11 is 0. The van der Waals surface area contributed by atoms with Crippen LogP contribution in [0.15, 0.2) is 78.2 Å². The molecule has 170 valence electrons. The molecule has 1 aromatic carbocycles. The number of nitrogens with zero attached hydrogens (tertiary/aromatic N) is 4. The summed E-state index contributed by atoms with van der Waals surface area (Å²) in [5, 5.41) is 7.79. The maximum Gasteiger partial charge on any atom is 0.135 e. The second-order valence-electron chi connectivity index (χ2n) is 9.60. The molecule has 35 heavy (non-hydrogen) atoms. The van der Waals surface area contributed by atoms with E-state index in [0.29, 0.717) is 6.04 Å². The average Bonchev–Trinajstić information content (AvgIpc) is 3.72. The number of H-pyrrole nitrogens is 2. The first-order valence-corrected chi connectivity index (χ1v) is 11.8. The van der Waals surface area contributed by atoms with E-state index in [2.05, 4.69) is 74.5 Å². The van der Waals surface area contributed by atoms with Crippen LogP contribution in [0.3, 0.4) is 0 Å². The molecule has 0 aliphatic carbocycles. The highest BCUT2D eigenvalue weighted by Gasteiger charge is 2.35. The lowest BCUT2D eigenvalue weighted by Gasteiger charge is -2.13. The number of hydrogen-bond donors (Lipinski definition) is 2. The summed E-state index contributed by atoms with van der Waals surface area (Å²) in [4.78, 5) is 13.2. The number of rotatable bonds is 3. The zero-order chi connectivity index (χ0) is 23.3. The minimum Gasteiger partial charge on any atom is -0.366 e. The molecule has 2 saturated heterocycles. The normalized spacial score (nSPS) is 19.8. The second-order valence-corrected chi connectivity index (χ2v) is 9.60. The van der Waals surface area contributed by atoms with Gasteiger partial charge in [0, 0.05) is 29.6 Å². The van der Waals surface area contributed by atoms with E-state index in [1.165, 1.54) is 23.4 Å². The molecule has 0 radical (unpaired) electrons. The molecule has 4 aromatic rings. The van der Waals surface area contributed by atoms with Gasteiger partial charge in [0.15, 0.2) is 0 Å². The quantitative estimate of drug-likeness (QED) is 0.411. The Morgan fingerprint density at radius 2 is 1.94 bits per heavy atom. The Morgan fingerprint density at radius 3 is 2.83 bits per heavy atom. The molecule has 7 heterocycles. The van der Waals surface area contributed by atoms with Crippen molar-refractivity contribution in [2.45, 2.75) is 13.0 Å². The lowest BCUT2D eigenvalue weighted by atomic mass is 9.98. The molecule has 1 atom stereocenters. The van der Waals surface area contributed by atoms with Gasteiger partial charge in [0.2, 0.25) is 0 Å². The lowest BCUT2D eigenvalue weighted by Crippen LogP contribution is -2.02. The van der Waals surface area contributed by atoms with Crippen LogP contribution in [0.5, 0.6) is 0 Å². The molecule has 2 fully saturated rings. The van der Waals surface area contributed by atoms with Crippen LogP contribution in [0, 0.1) is 5.82 Å². The van der Waals surface area contributed by atoms with Gasteiger partial charge in [-0.3, -0.25) is 5.10 Å². The summed E-state index contributed by atoms with van der Waals surface area (Å²) in [5.41, 5.74) is 11.2. The predicted octanol–water partition coefficient (Wildman–Crippen LogP) is 5.23. The van der Waals surface area contributed by atoms with Gasteiger partial charge < -0.3 is 14.8 Å². The maximum atomic E-state index is 13.6. The highest BCUT2D eigenvalue weighted by molar-refractivity contribution is 5.96. The van der Waals surface area contributed by atoms with Crippen LogP contribution < -0.4 is 4.90 Å². The van der Waals surface area contributed by atoms with Gasteiger partial charge >= 0.3 is 0 Å². The fourth-order valence-electron chi connectivity index (χ4n) is 5.25. The minimum absolute atomic E-state index is 0.236. The highest BCUT2D eigenvalue weighted by Crippen LogP contribution is 2.44. The van der Waals surface area contributed by atoms with E-state index in [-0.39, 0.29) is 5.82 Å². The Balaban J connectivity index is 1.25. The van der Waals surface area contributed by atoms with Gasteiger partial charge in [-0.1, -0.05) is 24.3 Å². The number of nitrogens with one attached hydrogen (secondary N) is 2. The molecule has 0 bridgehead atoms. The van der Waals surface area contributed by atoms with Crippen molar-refractivity contribution in [1.82, 2.24) is 25.1 Å². The number of fused-ring (bicyclic) bond motifs is 5. The fourth-order valence-corrected chi connectivity index (χ4v) is 5.25. The smallest absolute Gasteiger partial charge is 0.135 e. The largest absolute Gasteiger partial charge is 0.366 e. The van der Waals surface area contributed by atoms with Crippen molar-refractivity contribution in [1.29, 1.82) is 0 Å². The van der Waals surface area contributed by atoms with Gasteiger partial charge in [-0.2, -0.15) is 5.10 Å². The van der Waals surface area contributed by atoms with Crippen molar-refractivity contribution in [2.75, 3.05) is 18.0 Å². The van der Waals surface area contributed by atoms with E-state index in [1.807, 2.05) is 12.1 Å². The number of anilines is 1. The highest BCUT2D eigenvalue weighted by atomic mass is 19.1. The van der Waals surface area contributed by atoms with Gasteiger partial charge in [-0.15, -0.1) is 0 Å². The predicted molar refractivity (Wildman–Crippen MR) is 135 cm³/mol. The molecular formula is C28H21FN6. The molecule has 3 aromatic heterocycles. The van der Waals surface area contributed by atoms with Gasteiger partial charge in [-0.25, -0.2) is 9.37 Å². The Hall–Kier alpha value is -4.39. The van der Waals surface area contributed by atoms with E-state index in [1.54, 1.807) is 0 Å². The maximum absolute atomic E-state index is 13.6. The van der Waals surface area contributed by atoms with E-state index >= 15 is 0 Å². The fraction of sp³-hybridized carbons (Fsp3) is 0.143. The van der Waals surface area contributed by atoms with Crippen LogP contribution in [-0.2, 0) is 0 Å². The van der Waals surface area contributed by atoms with E-state index < -0.39 is 0 Å². The molecule has 2 N–H and O–H groups in total. The van der Waals surface area contributed by atoms with Crippen molar-refractivity contribution < 1.29 is 4.39 Å². The number of allylic oxidation sites excluding steroid dienone is 4. The third-order valence-corrected chi connectivity index (χ3v) is 7.31. The molecule has 7 heteroatoms. The molecule has 0 saturated carbocycles. The van der Waals surface area contributed by atoms with Crippen LogP contribution in [-0.4, -0.2) is 44.2 Å². The summed E-state index contributed by atoms with van der Waals surface area (Å²) in [6.45, 7) is 4.15. The van der Waals surface area contributed by atoms with Crippen molar-refractivity contribution in [3.63, 3.8) is 0 Å². The zero-order valence-electron chi connectivity index (χ0n) is 19.0. The first kappa shape index (κ1) is 19.0. The number of aromatic amines is 2. The van der Waals surface area contributed by atoms with E-state index in [9.17, 15) is 4.39 Å². The second kappa shape index (κ2) is 6.60. The summed E-state index contributed by atoms with van der Waals surface area (Å²) in [5.74, 6) is 0.799. The summed E-state index contributed by atoms with van der Waals surface area (Å²) < 4.78 is 13.6. The molecule has 8 rings (SSSR count). The van der Waals surface area contributed by atoms with Crippen molar-refractivity contribution in [2.24, 2.45) is 0 Å². The summed E-state index contributed by atoms with van der Waals surface area (Å²) in [6, 6.07) is 13.5. The SMILES string of the molecule is CC1=CC2CN2C=C1c1ccc2[nH]nc(-c3cc4c([nH]3)N3CC3=CC=C4c3ccc(F)cc3)c2n1.